The van der Waals surface area contributed by atoms with Gasteiger partial charge in [-0.15, -0.1) is 0 Å². The fourth-order valence-electron chi connectivity index (χ4n) is 2.10. The van der Waals surface area contributed by atoms with E-state index in [2.05, 4.69) is 33.2 Å². The number of hydrogen-bond donors (Lipinski definition) is 2. The molecule has 2 rings (SSSR count). The molecule has 1 aromatic heterocycles. The molecule has 1 saturated carbocycles. The molecule has 1 aliphatic carbocycles. The summed E-state index contributed by atoms with van der Waals surface area (Å²) < 4.78 is 0.910. The number of hydrogen-bond acceptors (Lipinski definition) is 1. The molecule has 2 atom stereocenters. The predicted molar refractivity (Wildman–Crippen MR) is 62.8 cm³/mol. The summed E-state index contributed by atoms with van der Waals surface area (Å²) in [4.78, 5) is 14.7. The molecule has 0 spiro atoms. The summed E-state index contributed by atoms with van der Waals surface area (Å²) in [6, 6.07) is 2.16. The van der Waals surface area contributed by atoms with Gasteiger partial charge in [-0.1, -0.05) is 6.92 Å². The summed E-state index contributed by atoms with van der Waals surface area (Å²) in [6.07, 6.45) is 5.20. The number of aromatic nitrogens is 1. The molecule has 15 heavy (non-hydrogen) atoms. The van der Waals surface area contributed by atoms with Crippen LogP contribution < -0.4 is 5.32 Å². The van der Waals surface area contributed by atoms with Crippen LogP contribution in [0.3, 0.4) is 0 Å². The number of carbonyl (C=O) groups is 1. The molecule has 0 bridgehead atoms. The second-order valence-corrected chi connectivity index (χ2v) is 5.24. The standard InChI is InChI=1S/C11H15BrN2O/c1-7-2-3-9(4-7)14-11(15)10-5-8(12)6-13-10/h5-7,9,13H,2-4H2,1H3,(H,14,15). The maximum Gasteiger partial charge on any atom is 0.267 e. The van der Waals surface area contributed by atoms with E-state index in [4.69, 9.17) is 0 Å². The van der Waals surface area contributed by atoms with Crippen LogP contribution in [0.1, 0.15) is 36.7 Å². The third-order valence-electron chi connectivity index (χ3n) is 2.92. The van der Waals surface area contributed by atoms with Crippen molar-refractivity contribution in [3.05, 3.63) is 22.4 Å². The lowest BCUT2D eigenvalue weighted by molar-refractivity contribution is 0.0933. The Hall–Kier alpha value is -0.770. The molecule has 3 nitrogen and oxygen atoms in total. The lowest BCUT2D eigenvalue weighted by Gasteiger charge is -2.11. The Bertz CT molecular complexity index is 361. The molecule has 82 valence electrons. The highest BCUT2D eigenvalue weighted by molar-refractivity contribution is 9.10. The lowest BCUT2D eigenvalue weighted by Crippen LogP contribution is -2.33. The van der Waals surface area contributed by atoms with Gasteiger partial charge in [0.1, 0.15) is 5.69 Å². The summed E-state index contributed by atoms with van der Waals surface area (Å²) in [5, 5.41) is 3.05. The van der Waals surface area contributed by atoms with E-state index in [1.54, 1.807) is 12.3 Å². The summed E-state index contributed by atoms with van der Waals surface area (Å²) in [6.45, 7) is 2.23. The molecule has 0 aliphatic heterocycles. The average Bonchev–Trinajstić information content (AvgIpc) is 2.75. The molecular formula is C11H15BrN2O. The fraction of sp³-hybridized carbons (Fsp3) is 0.545. The van der Waals surface area contributed by atoms with Crippen molar-refractivity contribution in [1.82, 2.24) is 10.3 Å². The maximum absolute atomic E-state index is 11.8. The highest BCUT2D eigenvalue weighted by Crippen LogP contribution is 2.24. The average molecular weight is 271 g/mol. The number of rotatable bonds is 2. The molecule has 2 N–H and O–H groups in total. The third-order valence-corrected chi connectivity index (χ3v) is 3.38. The summed E-state index contributed by atoms with van der Waals surface area (Å²) in [7, 11) is 0. The first-order valence-corrected chi connectivity index (χ1v) is 6.09. The Morgan fingerprint density at radius 3 is 2.93 bits per heavy atom. The van der Waals surface area contributed by atoms with E-state index in [1.807, 2.05) is 0 Å². The number of halogens is 1. The Balaban J connectivity index is 1.92. The van der Waals surface area contributed by atoms with Crippen molar-refractivity contribution in [2.45, 2.75) is 32.2 Å². The topological polar surface area (TPSA) is 44.9 Å². The predicted octanol–water partition coefficient (Wildman–Crippen LogP) is 2.70. The summed E-state index contributed by atoms with van der Waals surface area (Å²) in [5.41, 5.74) is 0.626. The minimum atomic E-state index is -0.000185. The van der Waals surface area contributed by atoms with E-state index in [0.29, 0.717) is 11.7 Å². The van der Waals surface area contributed by atoms with Crippen molar-refractivity contribution >= 4 is 21.8 Å². The number of nitrogens with one attached hydrogen (secondary N) is 2. The van der Waals surface area contributed by atoms with Crippen LogP contribution in [-0.2, 0) is 0 Å². The SMILES string of the molecule is CC1CCC(NC(=O)c2cc(Br)c[nH]2)C1. The van der Waals surface area contributed by atoms with Crippen LogP contribution >= 0.6 is 15.9 Å². The van der Waals surface area contributed by atoms with Crippen LogP contribution in [0.25, 0.3) is 0 Å². The van der Waals surface area contributed by atoms with Gasteiger partial charge >= 0.3 is 0 Å². The van der Waals surface area contributed by atoms with Crippen LogP contribution in [0.4, 0.5) is 0 Å². The summed E-state index contributed by atoms with van der Waals surface area (Å²) in [5.74, 6) is 0.741. The molecule has 1 fully saturated rings. The van der Waals surface area contributed by atoms with Crippen molar-refractivity contribution in [1.29, 1.82) is 0 Å². The number of amides is 1. The van der Waals surface area contributed by atoms with Crippen molar-refractivity contribution < 1.29 is 4.79 Å². The van der Waals surface area contributed by atoms with Gasteiger partial charge in [-0.3, -0.25) is 4.79 Å². The van der Waals surface area contributed by atoms with E-state index in [0.717, 1.165) is 23.2 Å². The van der Waals surface area contributed by atoms with Crippen molar-refractivity contribution in [3.8, 4) is 0 Å². The van der Waals surface area contributed by atoms with E-state index < -0.39 is 0 Å². The van der Waals surface area contributed by atoms with Gasteiger partial charge in [-0.2, -0.15) is 0 Å². The Morgan fingerprint density at radius 2 is 2.40 bits per heavy atom. The molecule has 0 saturated heterocycles. The lowest BCUT2D eigenvalue weighted by atomic mass is 10.1. The van der Waals surface area contributed by atoms with Gasteiger partial charge in [0.05, 0.1) is 0 Å². The van der Waals surface area contributed by atoms with E-state index in [9.17, 15) is 4.79 Å². The first kappa shape index (κ1) is 10.7. The van der Waals surface area contributed by atoms with Gasteiger partial charge in [0.15, 0.2) is 0 Å². The maximum atomic E-state index is 11.8. The quantitative estimate of drug-likeness (QED) is 0.853. The first-order chi connectivity index (χ1) is 7.15. The Morgan fingerprint density at radius 1 is 1.60 bits per heavy atom. The van der Waals surface area contributed by atoms with Gasteiger partial charge in [0.2, 0.25) is 0 Å². The highest BCUT2D eigenvalue weighted by atomic mass is 79.9. The zero-order valence-electron chi connectivity index (χ0n) is 8.72. The third kappa shape index (κ3) is 2.62. The molecular weight excluding hydrogens is 256 g/mol. The number of carbonyl (C=O) groups excluding carboxylic acids is 1. The monoisotopic (exact) mass is 270 g/mol. The normalized spacial score (nSPS) is 25.5. The first-order valence-electron chi connectivity index (χ1n) is 5.30. The summed E-state index contributed by atoms with van der Waals surface area (Å²) >= 11 is 3.31. The van der Waals surface area contributed by atoms with Crippen molar-refractivity contribution in [3.63, 3.8) is 0 Å². The molecule has 2 unspecified atom stereocenters. The molecule has 1 aromatic rings. The molecule has 1 amide bonds. The van der Waals surface area contributed by atoms with Crippen LogP contribution in [0.15, 0.2) is 16.7 Å². The second-order valence-electron chi connectivity index (χ2n) is 4.32. The van der Waals surface area contributed by atoms with E-state index in [-0.39, 0.29) is 5.91 Å². The van der Waals surface area contributed by atoms with Gasteiger partial charge in [0, 0.05) is 16.7 Å². The molecule has 0 aromatic carbocycles. The van der Waals surface area contributed by atoms with E-state index in [1.165, 1.54) is 6.42 Å². The van der Waals surface area contributed by atoms with Gasteiger partial charge < -0.3 is 10.3 Å². The smallest absolute Gasteiger partial charge is 0.267 e. The molecule has 4 heteroatoms. The second kappa shape index (κ2) is 4.39. The van der Waals surface area contributed by atoms with Crippen LogP contribution in [0.2, 0.25) is 0 Å². The molecule has 0 radical (unpaired) electrons. The van der Waals surface area contributed by atoms with Gasteiger partial charge in [-0.25, -0.2) is 0 Å². The number of H-pyrrole nitrogens is 1. The van der Waals surface area contributed by atoms with E-state index >= 15 is 0 Å². The Kier molecular flexibility index (Phi) is 3.14. The van der Waals surface area contributed by atoms with Crippen molar-refractivity contribution in [2.75, 3.05) is 0 Å². The zero-order valence-corrected chi connectivity index (χ0v) is 10.3. The molecule has 1 heterocycles. The highest BCUT2D eigenvalue weighted by Gasteiger charge is 2.23. The van der Waals surface area contributed by atoms with Crippen LogP contribution in [0, 0.1) is 5.92 Å². The zero-order chi connectivity index (χ0) is 10.8. The van der Waals surface area contributed by atoms with Crippen LogP contribution in [-0.4, -0.2) is 16.9 Å². The minimum absolute atomic E-state index is 0.000185. The molecule has 1 aliphatic rings. The van der Waals surface area contributed by atoms with Crippen molar-refractivity contribution in [2.24, 2.45) is 5.92 Å². The van der Waals surface area contributed by atoms with Crippen LogP contribution in [0.5, 0.6) is 0 Å². The largest absolute Gasteiger partial charge is 0.356 e. The number of aromatic amines is 1. The van der Waals surface area contributed by atoms with Gasteiger partial charge in [-0.05, 0) is 47.2 Å². The van der Waals surface area contributed by atoms with Gasteiger partial charge in [0.25, 0.3) is 5.91 Å². The minimum Gasteiger partial charge on any atom is -0.356 e. The fourth-order valence-corrected chi connectivity index (χ4v) is 2.44. The Labute approximate surface area is 97.8 Å².